The van der Waals surface area contributed by atoms with Gasteiger partial charge >= 0.3 is 0 Å². The maximum Gasteiger partial charge on any atom is 0.0998 e. The SMILES string of the molecule is CC(C)(c1c(-n2c3ccccc3c3ccc4sc5ccccc5c4c32)c(-c2ccccc2C#N)cc(-c2ccccc2C#N)c1-n1c2ccccc2c2ccc3sc4ccccc4c3c21)n1c2ccccc2c2ccccc21. The van der Waals surface area contributed by atoms with E-state index in [4.69, 9.17) is 0 Å². The third-order valence-corrected chi connectivity index (χ3v) is 18.8. The van der Waals surface area contributed by atoms with Crippen LogP contribution in [0.1, 0.15) is 30.5 Å². The smallest absolute Gasteiger partial charge is 0.0998 e. The highest BCUT2D eigenvalue weighted by molar-refractivity contribution is 7.26. The van der Waals surface area contributed by atoms with Crippen LogP contribution in [0.4, 0.5) is 0 Å². The lowest BCUT2D eigenvalue weighted by atomic mass is 9.81. The predicted molar refractivity (Wildman–Crippen MR) is 329 cm³/mol. The van der Waals surface area contributed by atoms with E-state index >= 15 is 0 Å². The molecule has 0 amide bonds. The second-order valence-electron chi connectivity index (χ2n) is 20.9. The van der Waals surface area contributed by atoms with Crippen molar-refractivity contribution in [3.63, 3.8) is 0 Å². The molecule has 0 radical (unpaired) electrons. The van der Waals surface area contributed by atoms with Gasteiger partial charge in [-0.25, -0.2) is 0 Å². The minimum Gasteiger partial charge on any atom is -0.330 e. The summed E-state index contributed by atoms with van der Waals surface area (Å²) >= 11 is 3.65. The van der Waals surface area contributed by atoms with Crippen LogP contribution in [0, 0.1) is 22.7 Å². The maximum atomic E-state index is 11.4. The van der Waals surface area contributed by atoms with Gasteiger partial charge in [-0.05, 0) is 80.6 Å². The molecule has 0 fully saturated rings. The van der Waals surface area contributed by atoms with E-state index < -0.39 is 5.54 Å². The monoisotopic (exact) mass is 1030 g/mol. The van der Waals surface area contributed by atoms with Gasteiger partial charge in [-0.3, -0.25) is 0 Å². The predicted octanol–water partition coefficient (Wildman–Crippen LogP) is 19.6. The molecule has 0 aliphatic carbocycles. The van der Waals surface area contributed by atoms with Crippen molar-refractivity contribution in [3.8, 4) is 45.8 Å². The maximum absolute atomic E-state index is 11.4. The highest BCUT2D eigenvalue weighted by Gasteiger charge is 2.39. The van der Waals surface area contributed by atoms with Gasteiger partial charge in [0.15, 0.2) is 0 Å². The fourth-order valence-corrected chi connectivity index (χ4v) is 15.6. The average Bonchev–Trinajstić information content (AvgIpc) is 4.32. The van der Waals surface area contributed by atoms with E-state index in [2.05, 4.69) is 240 Å². The van der Waals surface area contributed by atoms with E-state index in [9.17, 15) is 10.5 Å². The second-order valence-corrected chi connectivity index (χ2v) is 23.0. The van der Waals surface area contributed by atoms with Gasteiger partial charge in [0.1, 0.15) is 0 Å². The lowest BCUT2D eigenvalue weighted by Crippen LogP contribution is -2.31. The zero-order valence-corrected chi connectivity index (χ0v) is 44.0. The molecule has 11 aromatic carbocycles. The Hall–Kier alpha value is -9.76. The van der Waals surface area contributed by atoms with Crippen molar-refractivity contribution in [2.45, 2.75) is 19.4 Å². The number of aromatic nitrogens is 3. The highest BCUT2D eigenvalue weighted by atomic mass is 32.1. The summed E-state index contributed by atoms with van der Waals surface area (Å²) in [6.45, 7) is 4.78. The summed E-state index contributed by atoms with van der Waals surface area (Å²) in [6, 6.07) is 85.9. The Balaban J connectivity index is 1.26. The standard InChI is InChI=1S/C71H43N5S2/c1-71(2,76-58-31-15-9-23-46(58)47-24-10-16-32-59(47)76)66-69(74-56-29-13-7-25-48(56)50-35-37-62-64(67(50)74)52-27-11-17-33-60(52)77-62)54(44-21-5-3-19-42(44)40-72)39-55(45-22-6-4-20-43(45)41-73)70(66)75-57-30-14-8-26-49(57)51-36-38-63-65(68(51)75)53-28-12-18-34-61(53)78-63/h3-39H,1-2H3. The Morgan fingerprint density at radius 2 is 0.705 bits per heavy atom. The summed E-state index contributed by atoms with van der Waals surface area (Å²) in [7, 11) is 0. The van der Waals surface area contributed by atoms with Gasteiger partial charge < -0.3 is 13.7 Å². The lowest BCUT2D eigenvalue weighted by molar-refractivity contribution is 0.462. The number of rotatable bonds is 6. The zero-order chi connectivity index (χ0) is 52.0. The van der Waals surface area contributed by atoms with Gasteiger partial charge in [-0.15, -0.1) is 22.7 Å². The number of nitrogens with zero attached hydrogens (tertiary/aromatic N) is 5. The second kappa shape index (κ2) is 16.6. The lowest BCUT2D eigenvalue weighted by Gasteiger charge is -2.37. The van der Waals surface area contributed by atoms with Gasteiger partial charge in [0.25, 0.3) is 0 Å². The van der Waals surface area contributed by atoms with Crippen LogP contribution in [0.3, 0.4) is 0 Å². The molecule has 5 aromatic heterocycles. The van der Waals surface area contributed by atoms with E-state index in [0.717, 1.165) is 105 Å². The number of para-hydroxylation sites is 4. The van der Waals surface area contributed by atoms with Gasteiger partial charge in [0, 0.05) is 112 Å². The zero-order valence-electron chi connectivity index (χ0n) is 42.4. The van der Waals surface area contributed by atoms with Crippen LogP contribution in [0.25, 0.3) is 139 Å². The first-order chi connectivity index (χ1) is 38.4. The molecule has 16 aromatic rings. The quantitative estimate of drug-likeness (QED) is 0.167. The van der Waals surface area contributed by atoms with Crippen LogP contribution in [-0.2, 0) is 5.54 Å². The topological polar surface area (TPSA) is 62.4 Å². The molecule has 5 nitrogen and oxygen atoms in total. The number of hydrogen-bond acceptors (Lipinski definition) is 4. The molecule has 7 heteroatoms. The summed E-state index contributed by atoms with van der Waals surface area (Å²) in [5, 5.41) is 34.4. The number of benzene rings is 11. The van der Waals surface area contributed by atoms with Crippen molar-refractivity contribution in [2.24, 2.45) is 0 Å². The normalized spacial score (nSPS) is 12.2. The van der Waals surface area contributed by atoms with E-state index in [0.29, 0.717) is 11.1 Å². The molecule has 364 valence electrons. The van der Waals surface area contributed by atoms with E-state index in [1.165, 1.54) is 40.3 Å². The molecule has 5 heterocycles. The Morgan fingerprint density at radius 1 is 0.346 bits per heavy atom. The minimum absolute atomic E-state index is 0.557. The van der Waals surface area contributed by atoms with E-state index in [1.54, 1.807) is 0 Å². The van der Waals surface area contributed by atoms with Gasteiger partial charge in [-0.1, -0.05) is 158 Å². The van der Waals surface area contributed by atoms with Crippen LogP contribution in [0.5, 0.6) is 0 Å². The third-order valence-electron chi connectivity index (χ3n) is 16.5. The Kier molecular flexibility index (Phi) is 9.49. The molecule has 0 spiro atoms. The first-order valence-corrected chi connectivity index (χ1v) is 27.9. The van der Waals surface area contributed by atoms with E-state index in [-0.39, 0.29) is 0 Å². The number of nitriles is 2. The Bertz CT molecular complexity index is 5030. The van der Waals surface area contributed by atoms with Gasteiger partial charge in [-0.2, -0.15) is 10.5 Å². The van der Waals surface area contributed by atoms with Crippen LogP contribution in [0.2, 0.25) is 0 Å². The summed E-state index contributed by atoms with van der Waals surface area (Å²) in [4.78, 5) is 0. The van der Waals surface area contributed by atoms with Crippen LogP contribution in [-0.4, -0.2) is 13.7 Å². The van der Waals surface area contributed by atoms with Crippen molar-refractivity contribution in [2.75, 3.05) is 0 Å². The number of fused-ring (bicyclic) bond motifs is 17. The van der Waals surface area contributed by atoms with Crippen molar-refractivity contribution >= 4 is 128 Å². The molecular weight excluding hydrogens is 987 g/mol. The summed E-state index contributed by atoms with van der Waals surface area (Å²) in [6.07, 6.45) is 0. The third kappa shape index (κ3) is 6.03. The molecule has 0 saturated heterocycles. The Labute approximate surface area is 456 Å². The fourth-order valence-electron chi connectivity index (χ4n) is 13.4. The highest BCUT2D eigenvalue weighted by Crippen LogP contribution is 2.54. The molecule has 78 heavy (non-hydrogen) atoms. The summed E-state index contributed by atoms with van der Waals surface area (Å²) in [5.41, 5.74) is 13.0. The first-order valence-electron chi connectivity index (χ1n) is 26.3. The van der Waals surface area contributed by atoms with Crippen molar-refractivity contribution < 1.29 is 0 Å². The molecule has 0 unspecified atom stereocenters. The van der Waals surface area contributed by atoms with Gasteiger partial charge in [0.2, 0.25) is 0 Å². The Morgan fingerprint density at radius 3 is 1.14 bits per heavy atom. The van der Waals surface area contributed by atoms with Crippen molar-refractivity contribution in [1.82, 2.24) is 13.7 Å². The number of thiophene rings is 2. The molecule has 0 saturated carbocycles. The van der Waals surface area contributed by atoms with Crippen molar-refractivity contribution in [1.29, 1.82) is 10.5 Å². The van der Waals surface area contributed by atoms with Crippen LogP contribution < -0.4 is 0 Å². The molecule has 0 atom stereocenters. The van der Waals surface area contributed by atoms with E-state index in [1.807, 2.05) is 46.9 Å². The van der Waals surface area contributed by atoms with Crippen LogP contribution in [0.15, 0.2) is 224 Å². The molecule has 0 N–H and O–H groups in total. The van der Waals surface area contributed by atoms with Gasteiger partial charge in [0.05, 0.1) is 62.2 Å². The molecule has 0 aliphatic heterocycles. The molecule has 16 rings (SSSR count). The number of hydrogen-bond donors (Lipinski definition) is 0. The fraction of sp³-hybridized carbons (Fsp3) is 0.0423. The van der Waals surface area contributed by atoms with Crippen molar-refractivity contribution in [3.05, 3.63) is 241 Å². The van der Waals surface area contributed by atoms with Crippen LogP contribution >= 0.6 is 22.7 Å². The molecule has 0 bridgehead atoms. The molecule has 0 aliphatic rings. The summed E-state index contributed by atoms with van der Waals surface area (Å²) < 4.78 is 12.5. The average molecular weight is 1030 g/mol. The minimum atomic E-state index is -0.925. The first kappa shape index (κ1) is 44.5. The largest absolute Gasteiger partial charge is 0.330 e. The summed E-state index contributed by atoms with van der Waals surface area (Å²) in [5.74, 6) is 0. The molecular formula is C71H43N5S2.